The third-order valence-corrected chi connectivity index (χ3v) is 4.53. The number of methoxy groups -OCH3 is 1. The lowest BCUT2D eigenvalue weighted by molar-refractivity contribution is -0.156. The number of hydrogen-bond acceptors (Lipinski definition) is 5. The van der Waals surface area contributed by atoms with Crippen LogP contribution in [0.4, 0.5) is 0 Å². The number of carbonyl (C=O) groups is 1. The second-order valence-corrected chi connectivity index (χ2v) is 6.10. The summed E-state index contributed by atoms with van der Waals surface area (Å²) in [6.07, 6.45) is -1.09. The fourth-order valence-corrected chi connectivity index (χ4v) is 3.31. The van der Waals surface area contributed by atoms with Gasteiger partial charge in [0.2, 0.25) is 6.29 Å². The molecule has 0 unspecified atom stereocenters. The molecule has 2 aromatic rings. The first-order chi connectivity index (χ1) is 12.2. The summed E-state index contributed by atoms with van der Waals surface area (Å²) in [6, 6.07) is 13.4. The maximum atomic E-state index is 11.2. The minimum absolute atomic E-state index is 0.159. The molecular weight excluding hydrogens is 324 g/mol. The Hall–Kier alpha value is -2.73. The zero-order valence-electron chi connectivity index (χ0n) is 13.7. The number of rotatable bonds is 5. The Morgan fingerprint density at radius 3 is 2.80 bits per heavy atom. The van der Waals surface area contributed by atoms with Gasteiger partial charge in [-0.25, -0.2) is 4.79 Å². The first-order valence-electron chi connectivity index (χ1n) is 8.09. The van der Waals surface area contributed by atoms with Crippen LogP contribution in [0.5, 0.6) is 17.2 Å². The molecule has 6 nitrogen and oxygen atoms in total. The largest absolute Gasteiger partial charge is 0.496 e. The van der Waals surface area contributed by atoms with E-state index in [1.165, 1.54) is 0 Å². The number of carboxylic acid groups (broad SMARTS) is 1. The molecule has 1 N–H and O–H groups in total. The predicted molar refractivity (Wildman–Crippen MR) is 88.1 cm³/mol. The average Bonchev–Trinajstić information content (AvgIpc) is 3.18. The van der Waals surface area contributed by atoms with Gasteiger partial charge in [0.25, 0.3) is 0 Å². The Morgan fingerprint density at radius 2 is 2.08 bits per heavy atom. The molecular formula is C19H18O6. The van der Waals surface area contributed by atoms with Crippen molar-refractivity contribution in [2.45, 2.75) is 31.3 Å². The van der Waals surface area contributed by atoms with Crippen molar-refractivity contribution in [2.75, 3.05) is 7.11 Å². The van der Waals surface area contributed by atoms with Crippen LogP contribution in [0, 0.1) is 0 Å². The topological polar surface area (TPSA) is 74.2 Å². The number of aliphatic carboxylic acids is 1. The predicted octanol–water partition coefficient (Wildman–Crippen LogP) is 2.95. The number of hydrogen-bond donors (Lipinski definition) is 1. The highest BCUT2D eigenvalue weighted by Crippen LogP contribution is 2.51. The lowest BCUT2D eigenvalue weighted by Gasteiger charge is -2.14. The van der Waals surface area contributed by atoms with Crippen molar-refractivity contribution in [2.24, 2.45) is 0 Å². The van der Waals surface area contributed by atoms with Gasteiger partial charge < -0.3 is 24.1 Å². The summed E-state index contributed by atoms with van der Waals surface area (Å²) >= 11 is 0. The van der Waals surface area contributed by atoms with Gasteiger partial charge >= 0.3 is 5.97 Å². The zero-order valence-corrected chi connectivity index (χ0v) is 13.7. The van der Waals surface area contributed by atoms with Crippen LogP contribution in [0.3, 0.4) is 0 Å². The molecule has 0 amide bonds. The zero-order chi connectivity index (χ0) is 17.4. The Bertz CT molecular complexity index is 788. The molecule has 4 rings (SSSR count). The maximum absolute atomic E-state index is 11.2. The van der Waals surface area contributed by atoms with Gasteiger partial charge in [0.05, 0.1) is 13.0 Å². The highest BCUT2D eigenvalue weighted by atomic mass is 16.7. The fraction of sp³-hybridized carbons (Fsp3) is 0.316. The summed E-state index contributed by atoms with van der Waals surface area (Å²) in [7, 11) is 1.58. The molecule has 3 atom stereocenters. The van der Waals surface area contributed by atoms with Crippen LogP contribution in [0.15, 0.2) is 42.5 Å². The minimum Gasteiger partial charge on any atom is -0.496 e. The molecule has 0 radical (unpaired) electrons. The SMILES string of the molecule is COc1cc(OCc2ccccc2)c2c(c1)O[C@H]1O[C@H](C(=O)O)C[C@@H]21. The molecule has 0 aromatic heterocycles. The van der Waals surface area contributed by atoms with Crippen molar-refractivity contribution >= 4 is 5.97 Å². The van der Waals surface area contributed by atoms with E-state index in [4.69, 9.17) is 18.9 Å². The van der Waals surface area contributed by atoms with Crippen molar-refractivity contribution in [1.29, 1.82) is 0 Å². The van der Waals surface area contributed by atoms with Crippen LogP contribution in [0.2, 0.25) is 0 Å². The molecule has 2 heterocycles. The number of ether oxygens (including phenoxy) is 4. The van der Waals surface area contributed by atoms with E-state index in [1.807, 2.05) is 36.4 Å². The van der Waals surface area contributed by atoms with Gasteiger partial charge in [-0.15, -0.1) is 0 Å². The van der Waals surface area contributed by atoms with Gasteiger partial charge in [-0.3, -0.25) is 0 Å². The third-order valence-electron chi connectivity index (χ3n) is 4.53. The fourth-order valence-electron chi connectivity index (χ4n) is 3.31. The summed E-state index contributed by atoms with van der Waals surface area (Å²) in [5.41, 5.74) is 1.89. The Kier molecular flexibility index (Phi) is 3.97. The van der Waals surface area contributed by atoms with Crippen molar-refractivity contribution in [3.05, 3.63) is 53.6 Å². The molecule has 1 saturated heterocycles. The van der Waals surface area contributed by atoms with Crippen molar-refractivity contribution in [1.82, 2.24) is 0 Å². The van der Waals surface area contributed by atoms with Gasteiger partial charge in [-0.1, -0.05) is 30.3 Å². The number of carboxylic acids is 1. The van der Waals surface area contributed by atoms with Gasteiger partial charge in [-0.05, 0) is 12.0 Å². The van der Waals surface area contributed by atoms with E-state index in [0.717, 1.165) is 11.1 Å². The summed E-state index contributed by atoms with van der Waals surface area (Å²) in [5.74, 6) is 0.755. The molecule has 130 valence electrons. The quantitative estimate of drug-likeness (QED) is 0.900. The van der Waals surface area contributed by atoms with Crippen LogP contribution in [0.25, 0.3) is 0 Å². The van der Waals surface area contributed by atoms with Gasteiger partial charge in [0, 0.05) is 17.7 Å². The monoisotopic (exact) mass is 342 g/mol. The molecule has 1 fully saturated rings. The molecule has 0 bridgehead atoms. The smallest absolute Gasteiger partial charge is 0.333 e. The Labute approximate surface area is 144 Å². The van der Waals surface area contributed by atoms with E-state index < -0.39 is 18.4 Å². The maximum Gasteiger partial charge on any atom is 0.333 e. The lowest BCUT2D eigenvalue weighted by Crippen LogP contribution is -2.22. The summed E-state index contributed by atoms with van der Waals surface area (Å²) in [5, 5.41) is 9.19. The van der Waals surface area contributed by atoms with E-state index in [0.29, 0.717) is 30.3 Å². The van der Waals surface area contributed by atoms with Crippen molar-refractivity contribution in [3.8, 4) is 17.2 Å². The molecule has 6 heteroatoms. The van der Waals surface area contributed by atoms with Crippen LogP contribution in [-0.4, -0.2) is 30.6 Å². The van der Waals surface area contributed by atoms with E-state index >= 15 is 0 Å². The molecule has 0 saturated carbocycles. The second-order valence-electron chi connectivity index (χ2n) is 6.10. The molecule has 2 aliphatic rings. The van der Waals surface area contributed by atoms with E-state index in [1.54, 1.807) is 13.2 Å². The highest BCUT2D eigenvalue weighted by molar-refractivity contribution is 5.73. The van der Waals surface area contributed by atoms with Crippen LogP contribution < -0.4 is 14.2 Å². The van der Waals surface area contributed by atoms with Gasteiger partial charge in [0.1, 0.15) is 23.9 Å². The van der Waals surface area contributed by atoms with E-state index in [2.05, 4.69) is 0 Å². The average molecular weight is 342 g/mol. The summed E-state index contributed by atoms with van der Waals surface area (Å²) < 4.78 is 22.6. The molecule has 2 aromatic carbocycles. The highest BCUT2D eigenvalue weighted by Gasteiger charge is 2.48. The minimum atomic E-state index is -0.972. The molecule has 2 aliphatic heterocycles. The van der Waals surface area contributed by atoms with Gasteiger partial charge in [-0.2, -0.15) is 0 Å². The standard InChI is InChI=1S/C19H18O6/c1-22-12-7-14(23-10-11-5-3-2-4-6-11)17-13-9-16(18(20)21)25-19(13)24-15(17)8-12/h2-8,13,16,19H,9-10H2,1H3,(H,20,21)/t13-,16-,19-/m0/s1. The molecule has 0 spiro atoms. The Morgan fingerprint density at radius 1 is 1.28 bits per heavy atom. The lowest BCUT2D eigenvalue weighted by atomic mass is 9.95. The third kappa shape index (κ3) is 2.89. The first-order valence-corrected chi connectivity index (χ1v) is 8.09. The van der Waals surface area contributed by atoms with E-state index in [9.17, 15) is 9.90 Å². The van der Waals surface area contributed by atoms with E-state index in [-0.39, 0.29) is 5.92 Å². The molecule has 25 heavy (non-hydrogen) atoms. The van der Waals surface area contributed by atoms with Crippen LogP contribution in [-0.2, 0) is 16.1 Å². The van der Waals surface area contributed by atoms with Gasteiger partial charge in [0.15, 0.2) is 6.10 Å². The van der Waals surface area contributed by atoms with Crippen LogP contribution in [0.1, 0.15) is 23.5 Å². The van der Waals surface area contributed by atoms with Crippen molar-refractivity contribution < 1.29 is 28.8 Å². The number of fused-ring (bicyclic) bond motifs is 3. The van der Waals surface area contributed by atoms with Crippen LogP contribution >= 0.6 is 0 Å². The number of benzene rings is 2. The summed E-state index contributed by atoms with van der Waals surface area (Å²) in [4.78, 5) is 11.2. The first kappa shape index (κ1) is 15.8. The normalized spacial score (nSPS) is 23.5. The molecule has 0 aliphatic carbocycles. The summed E-state index contributed by atoms with van der Waals surface area (Å²) in [6.45, 7) is 0.404. The van der Waals surface area contributed by atoms with Crippen molar-refractivity contribution in [3.63, 3.8) is 0 Å². The second kappa shape index (κ2) is 6.29. The Balaban J connectivity index is 1.63.